The predicted molar refractivity (Wildman–Crippen MR) is 45.5 cm³/mol. The minimum atomic E-state index is -0.440. The number of carbonyl (C=O) groups is 1. The molecule has 2 heterocycles. The van der Waals surface area contributed by atoms with E-state index in [0.29, 0.717) is 12.0 Å². The molecule has 0 saturated heterocycles. The van der Waals surface area contributed by atoms with E-state index in [0.717, 1.165) is 0 Å². The zero-order chi connectivity index (χ0) is 9.97. The van der Waals surface area contributed by atoms with Gasteiger partial charge in [0.1, 0.15) is 18.1 Å². The summed E-state index contributed by atoms with van der Waals surface area (Å²) in [7, 11) is 0. The van der Waals surface area contributed by atoms with Crippen LogP contribution in [0.15, 0.2) is 11.1 Å². The minimum absolute atomic E-state index is 0.0770. The minimum Gasteiger partial charge on any atom is -0.303 e. The maximum atomic E-state index is 11.2. The highest BCUT2D eigenvalue weighted by Gasteiger charge is 2.07. The number of aldehydes is 1. The summed E-state index contributed by atoms with van der Waals surface area (Å²) in [6, 6.07) is 0. The molecule has 7 heteroatoms. The largest absolute Gasteiger partial charge is 0.303 e. The van der Waals surface area contributed by atoms with Crippen molar-refractivity contribution in [2.24, 2.45) is 0 Å². The van der Waals surface area contributed by atoms with Gasteiger partial charge in [-0.2, -0.15) is 5.10 Å². The molecule has 1 N–H and O–H groups in total. The first-order chi connectivity index (χ1) is 6.83. The van der Waals surface area contributed by atoms with Gasteiger partial charge in [-0.15, -0.1) is 10.2 Å². The van der Waals surface area contributed by atoms with Gasteiger partial charge < -0.3 is 4.79 Å². The van der Waals surface area contributed by atoms with Gasteiger partial charge in [0.25, 0.3) is 5.56 Å². The Hall–Kier alpha value is -2.18. The van der Waals surface area contributed by atoms with E-state index in [1.165, 1.54) is 6.33 Å². The quantitative estimate of drug-likeness (QED) is 0.601. The smallest absolute Gasteiger partial charge is 0.292 e. The third kappa shape index (κ3) is 1.24. The Morgan fingerprint density at radius 3 is 3.07 bits per heavy atom. The summed E-state index contributed by atoms with van der Waals surface area (Å²) in [5, 5.41) is 13.2. The predicted octanol–water partition coefficient (Wildman–Crippen LogP) is -1.15. The summed E-state index contributed by atoms with van der Waals surface area (Å²) in [5.41, 5.74) is 0.343. The molecule has 7 nitrogen and oxygen atoms in total. The highest BCUT2D eigenvalue weighted by Crippen LogP contribution is 2.04. The molecule has 2 rings (SSSR count). The van der Waals surface area contributed by atoms with Crippen LogP contribution in [-0.2, 0) is 11.2 Å². The number of aromatic nitrogens is 5. The fourth-order valence-corrected chi connectivity index (χ4v) is 1.08. The van der Waals surface area contributed by atoms with Crippen LogP contribution in [0.4, 0.5) is 0 Å². The summed E-state index contributed by atoms with van der Waals surface area (Å²) in [6.07, 6.45) is 1.92. The van der Waals surface area contributed by atoms with Gasteiger partial charge in [0.2, 0.25) is 0 Å². The van der Waals surface area contributed by atoms with Crippen molar-refractivity contribution in [1.82, 2.24) is 25.4 Å². The lowest BCUT2D eigenvalue weighted by Gasteiger charge is -1.97. The van der Waals surface area contributed by atoms with Crippen LogP contribution in [0.3, 0.4) is 0 Å². The van der Waals surface area contributed by atoms with Crippen LogP contribution in [0.5, 0.6) is 0 Å². The number of fused-ring (bicyclic) bond motifs is 1. The van der Waals surface area contributed by atoms with Crippen molar-refractivity contribution in [3.63, 3.8) is 0 Å². The third-order valence-corrected chi connectivity index (χ3v) is 1.68. The van der Waals surface area contributed by atoms with E-state index in [1.54, 1.807) is 0 Å². The van der Waals surface area contributed by atoms with Gasteiger partial charge in [0.15, 0.2) is 5.52 Å². The van der Waals surface area contributed by atoms with Crippen molar-refractivity contribution in [3.8, 4) is 0 Å². The molecule has 0 saturated carbocycles. The Kier molecular flexibility index (Phi) is 1.98. The van der Waals surface area contributed by atoms with Crippen molar-refractivity contribution >= 4 is 17.3 Å². The summed E-state index contributed by atoms with van der Waals surface area (Å²) < 4.78 is 0. The van der Waals surface area contributed by atoms with Gasteiger partial charge in [-0.25, -0.2) is 10.1 Å². The molecular weight excluding hydrogens is 186 g/mol. The zero-order valence-electron chi connectivity index (χ0n) is 6.97. The second-order valence-corrected chi connectivity index (χ2v) is 2.53. The number of rotatable bonds is 2. The molecule has 0 amide bonds. The van der Waals surface area contributed by atoms with E-state index in [1.807, 2.05) is 0 Å². The molecule has 0 spiro atoms. The van der Waals surface area contributed by atoms with Gasteiger partial charge in [0, 0.05) is 6.42 Å². The van der Waals surface area contributed by atoms with Gasteiger partial charge in [-0.1, -0.05) is 0 Å². The fraction of sp³-hybridized carbons (Fsp3) is 0.143. The van der Waals surface area contributed by atoms with E-state index in [4.69, 9.17) is 0 Å². The second kappa shape index (κ2) is 3.29. The van der Waals surface area contributed by atoms with Crippen LogP contribution in [-0.4, -0.2) is 31.7 Å². The summed E-state index contributed by atoms with van der Waals surface area (Å²) in [6.45, 7) is 0. The van der Waals surface area contributed by atoms with Crippen LogP contribution in [0.25, 0.3) is 11.0 Å². The lowest BCUT2D eigenvalue weighted by molar-refractivity contribution is -0.107. The first-order valence-electron chi connectivity index (χ1n) is 3.81. The highest BCUT2D eigenvalue weighted by atomic mass is 16.1. The van der Waals surface area contributed by atoms with Crippen molar-refractivity contribution in [3.05, 3.63) is 22.4 Å². The van der Waals surface area contributed by atoms with Gasteiger partial charge >= 0.3 is 0 Å². The van der Waals surface area contributed by atoms with Crippen LogP contribution >= 0.6 is 0 Å². The topological polar surface area (TPSA) is 101 Å². The number of carbonyl (C=O) groups excluding carboxylic acids is 1. The Morgan fingerprint density at radius 2 is 2.29 bits per heavy atom. The van der Waals surface area contributed by atoms with Gasteiger partial charge in [-0.05, 0) is 0 Å². The Bertz CT molecular complexity index is 535. The molecule has 0 fully saturated rings. The Morgan fingerprint density at radius 1 is 1.43 bits per heavy atom. The van der Waals surface area contributed by atoms with E-state index in [9.17, 15) is 9.59 Å². The summed E-state index contributed by atoms with van der Waals surface area (Å²) in [5.74, 6) is 0. The molecule has 70 valence electrons. The average Bonchev–Trinajstić information content (AvgIpc) is 2.23. The van der Waals surface area contributed by atoms with Crippen molar-refractivity contribution in [1.29, 1.82) is 0 Å². The Labute approximate surface area is 77.2 Å². The molecule has 0 aliphatic heterocycles. The van der Waals surface area contributed by atoms with E-state index in [-0.39, 0.29) is 17.5 Å². The first-order valence-corrected chi connectivity index (χ1v) is 3.81. The van der Waals surface area contributed by atoms with E-state index in [2.05, 4.69) is 25.4 Å². The lowest BCUT2D eigenvalue weighted by Crippen LogP contribution is -2.14. The standard InChI is InChI=1S/C7H5N5O2/c13-2-1-4-5-6(7(14)12-10-4)8-3-9-11-5/h2-3H,1H2,(H,12,14). The highest BCUT2D eigenvalue weighted by molar-refractivity contribution is 5.76. The number of hydrogen-bond donors (Lipinski definition) is 1. The monoisotopic (exact) mass is 191 g/mol. The van der Waals surface area contributed by atoms with Crippen molar-refractivity contribution in [2.75, 3.05) is 0 Å². The number of H-pyrrole nitrogens is 1. The molecule has 0 radical (unpaired) electrons. The second-order valence-electron chi connectivity index (χ2n) is 2.53. The SMILES string of the molecule is O=CCc1n[nH]c(=O)c2ncnnc12. The number of hydrogen-bond acceptors (Lipinski definition) is 6. The van der Waals surface area contributed by atoms with Crippen LogP contribution < -0.4 is 5.56 Å². The molecule has 0 bridgehead atoms. The fourth-order valence-electron chi connectivity index (χ4n) is 1.08. The molecule has 0 aromatic carbocycles. The molecule has 0 aliphatic carbocycles. The number of aromatic amines is 1. The first kappa shape index (κ1) is 8.42. The van der Waals surface area contributed by atoms with Crippen LogP contribution in [0, 0.1) is 0 Å². The normalized spacial score (nSPS) is 10.3. The maximum Gasteiger partial charge on any atom is 0.292 e. The molecule has 0 aliphatic rings. The number of nitrogens with zero attached hydrogens (tertiary/aromatic N) is 4. The molecule has 2 aromatic rings. The molecule has 2 aromatic heterocycles. The lowest BCUT2D eigenvalue weighted by atomic mass is 10.3. The maximum absolute atomic E-state index is 11.2. The molecule has 14 heavy (non-hydrogen) atoms. The van der Waals surface area contributed by atoms with Crippen LogP contribution in [0.1, 0.15) is 5.69 Å². The molecule has 0 atom stereocenters. The average molecular weight is 191 g/mol. The zero-order valence-corrected chi connectivity index (χ0v) is 6.97. The Balaban J connectivity index is 2.81. The molecular formula is C7H5N5O2. The van der Waals surface area contributed by atoms with Crippen LogP contribution in [0.2, 0.25) is 0 Å². The van der Waals surface area contributed by atoms with E-state index >= 15 is 0 Å². The number of nitrogens with one attached hydrogen (secondary N) is 1. The molecule has 0 unspecified atom stereocenters. The summed E-state index contributed by atoms with van der Waals surface area (Å²) in [4.78, 5) is 25.3. The third-order valence-electron chi connectivity index (χ3n) is 1.68. The summed E-state index contributed by atoms with van der Waals surface area (Å²) >= 11 is 0. The van der Waals surface area contributed by atoms with Crippen molar-refractivity contribution < 1.29 is 4.79 Å². The van der Waals surface area contributed by atoms with Gasteiger partial charge in [0.05, 0.1) is 5.69 Å². The van der Waals surface area contributed by atoms with Gasteiger partial charge in [-0.3, -0.25) is 4.79 Å². The van der Waals surface area contributed by atoms with E-state index < -0.39 is 5.56 Å². The van der Waals surface area contributed by atoms with Crippen molar-refractivity contribution in [2.45, 2.75) is 6.42 Å².